The fourth-order valence-corrected chi connectivity index (χ4v) is 3.96. The molecule has 9 nitrogen and oxygen atoms in total. The molecule has 3 rings (SSSR count). The van der Waals surface area contributed by atoms with Gasteiger partial charge in [-0.25, -0.2) is 8.42 Å². The van der Waals surface area contributed by atoms with E-state index >= 15 is 0 Å². The number of para-hydroxylation sites is 2. The second-order valence-electron chi connectivity index (χ2n) is 7.07. The largest absolute Gasteiger partial charge is 0.486 e. The summed E-state index contributed by atoms with van der Waals surface area (Å²) in [5, 5.41) is 2.60. The Labute approximate surface area is 180 Å². The number of nitrogens with one attached hydrogen (secondary N) is 2. The highest BCUT2D eigenvalue weighted by Gasteiger charge is 2.24. The molecular formula is C21H24N2O7S. The molecule has 166 valence electrons. The SMILES string of the molecule is Cc1ccc(S(=O)(=O)N[C@@H](C)C(=O)OCC(=O)NCC2COc3ccccc3O2)cc1. The molecule has 31 heavy (non-hydrogen) atoms. The van der Waals surface area contributed by atoms with Gasteiger partial charge in [0.2, 0.25) is 10.0 Å². The van der Waals surface area contributed by atoms with Gasteiger partial charge in [0.1, 0.15) is 18.8 Å². The Balaban J connectivity index is 1.41. The van der Waals surface area contributed by atoms with E-state index in [1.165, 1.54) is 19.1 Å². The van der Waals surface area contributed by atoms with Gasteiger partial charge < -0.3 is 19.5 Å². The first-order valence-electron chi connectivity index (χ1n) is 9.65. The van der Waals surface area contributed by atoms with Crippen LogP contribution in [0, 0.1) is 6.92 Å². The minimum absolute atomic E-state index is 0.0340. The summed E-state index contributed by atoms with van der Waals surface area (Å²) in [5.41, 5.74) is 0.909. The molecule has 1 heterocycles. The molecule has 0 saturated carbocycles. The maximum absolute atomic E-state index is 12.3. The van der Waals surface area contributed by atoms with Crippen LogP contribution in [0.4, 0.5) is 0 Å². The average molecular weight is 448 g/mol. The Morgan fingerprint density at radius 1 is 1.13 bits per heavy atom. The van der Waals surface area contributed by atoms with Gasteiger partial charge in [0.25, 0.3) is 5.91 Å². The van der Waals surface area contributed by atoms with Crippen LogP contribution in [0.1, 0.15) is 12.5 Å². The first-order valence-corrected chi connectivity index (χ1v) is 11.1. The summed E-state index contributed by atoms with van der Waals surface area (Å²) < 4.78 is 43.1. The standard InChI is InChI=1S/C21H24N2O7S/c1-14-7-9-17(10-8-14)31(26,27)23-15(2)21(25)29-13-20(24)22-11-16-12-28-18-5-3-4-6-19(18)30-16/h3-10,15-16,23H,11-13H2,1-2H3,(H,22,24)/t15-,16?/m0/s1. The van der Waals surface area contributed by atoms with E-state index in [-0.39, 0.29) is 24.2 Å². The number of aryl methyl sites for hydroxylation is 1. The summed E-state index contributed by atoms with van der Waals surface area (Å²) in [5.74, 6) is -0.170. The van der Waals surface area contributed by atoms with Crippen molar-refractivity contribution in [2.24, 2.45) is 0 Å². The molecule has 1 aliphatic rings. The summed E-state index contributed by atoms with van der Waals surface area (Å²) in [6.45, 7) is 3.08. The van der Waals surface area contributed by atoms with Crippen LogP contribution >= 0.6 is 0 Å². The Morgan fingerprint density at radius 3 is 2.52 bits per heavy atom. The summed E-state index contributed by atoms with van der Waals surface area (Å²) in [4.78, 5) is 24.1. The van der Waals surface area contributed by atoms with Crippen LogP contribution in [-0.4, -0.2) is 52.2 Å². The monoisotopic (exact) mass is 448 g/mol. The van der Waals surface area contributed by atoms with E-state index in [1.807, 2.05) is 19.1 Å². The molecule has 0 radical (unpaired) electrons. The summed E-state index contributed by atoms with van der Waals surface area (Å²) >= 11 is 0. The lowest BCUT2D eigenvalue weighted by molar-refractivity contribution is -0.149. The molecule has 0 fully saturated rings. The zero-order chi connectivity index (χ0) is 22.4. The molecule has 1 amide bonds. The van der Waals surface area contributed by atoms with Crippen molar-refractivity contribution in [3.05, 3.63) is 54.1 Å². The number of rotatable bonds is 8. The number of hydrogen-bond donors (Lipinski definition) is 2. The van der Waals surface area contributed by atoms with Crippen LogP contribution in [0.25, 0.3) is 0 Å². The lowest BCUT2D eigenvalue weighted by Gasteiger charge is -2.26. The van der Waals surface area contributed by atoms with Gasteiger partial charge in [0.15, 0.2) is 18.1 Å². The Hall–Kier alpha value is -3.11. The molecule has 2 aromatic rings. The van der Waals surface area contributed by atoms with Crippen molar-refractivity contribution in [3.8, 4) is 11.5 Å². The maximum Gasteiger partial charge on any atom is 0.324 e. The lowest BCUT2D eigenvalue weighted by Crippen LogP contribution is -2.43. The highest BCUT2D eigenvalue weighted by atomic mass is 32.2. The third kappa shape index (κ3) is 6.19. The van der Waals surface area contributed by atoms with E-state index in [4.69, 9.17) is 14.2 Å². The number of esters is 1. The van der Waals surface area contributed by atoms with Crippen LogP contribution in [0.5, 0.6) is 11.5 Å². The second-order valence-corrected chi connectivity index (χ2v) is 8.78. The van der Waals surface area contributed by atoms with Crippen LogP contribution in [0.15, 0.2) is 53.4 Å². The number of benzene rings is 2. The van der Waals surface area contributed by atoms with E-state index in [2.05, 4.69) is 10.0 Å². The molecule has 0 saturated heterocycles. The van der Waals surface area contributed by atoms with Gasteiger partial charge in [-0.1, -0.05) is 29.8 Å². The molecular weight excluding hydrogens is 424 g/mol. The Kier molecular flexibility index (Phi) is 7.13. The fourth-order valence-electron chi connectivity index (χ4n) is 2.77. The normalized spacial score (nSPS) is 16.3. The van der Waals surface area contributed by atoms with Crippen molar-refractivity contribution in [2.45, 2.75) is 30.9 Å². The van der Waals surface area contributed by atoms with Crippen LogP contribution < -0.4 is 19.5 Å². The van der Waals surface area contributed by atoms with Gasteiger partial charge in [-0.05, 0) is 38.1 Å². The van der Waals surface area contributed by atoms with Gasteiger partial charge in [-0.15, -0.1) is 0 Å². The zero-order valence-electron chi connectivity index (χ0n) is 17.2. The first kappa shape index (κ1) is 22.6. The van der Waals surface area contributed by atoms with Crippen LogP contribution in [0.2, 0.25) is 0 Å². The summed E-state index contributed by atoms with van der Waals surface area (Å²) in [6, 6.07) is 12.2. The van der Waals surface area contributed by atoms with E-state index in [0.29, 0.717) is 11.5 Å². The minimum atomic E-state index is -3.89. The van der Waals surface area contributed by atoms with E-state index < -0.39 is 34.5 Å². The first-order chi connectivity index (χ1) is 14.7. The molecule has 1 unspecified atom stereocenters. The topological polar surface area (TPSA) is 120 Å². The van der Waals surface area contributed by atoms with Gasteiger partial charge in [-0.3, -0.25) is 9.59 Å². The summed E-state index contributed by atoms with van der Waals surface area (Å²) in [7, 11) is -3.89. The van der Waals surface area contributed by atoms with Gasteiger partial charge in [0, 0.05) is 0 Å². The minimum Gasteiger partial charge on any atom is -0.486 e. The number of ether oxygens (including phenoxy) is 3. The lowest BCUT2D eigenvalue weighted by atomic mass is 10.2. The van der Waals surface area contributed by atoms with Crippen molar-refractivity contribution >= 4 is 21.9 Å². The van der Waals surface area contributed by atoms with Crippen LogP contribution in [-0.2, 0) is 24.3 Å². The molecule has 0 aromatic heterocycles. The molecule has 0 spiro atoms. The van der Waals surface area contributed by atoms with E-state index in [1.54, 1.807) is 24.3 Å². The number of amides is 1. The third-order valence-electron chi connectivity index (χ3n) is 4.46. The number of carbonyl (C=O) groups excluding carboxylic acids is 2. The predicted molar refractivity (Wildman–Crippen MR) is 111 cm³/mol. The molecule has 2 atom stereocenters. The van der Waals surface area contributed by atoms with Gasteiger partial charge >= 0.3 is 5.97 Å². The van der Waals surface area contributed by atoms with E-state index in [0.717, 1.165) is 5.56 Å². The number of hydrogen-bond acceptors (Lipinski definition) is 7. The molecule has 2 aromatic carbocycles. The van der Waals surface area contributed by atoms with Crippen molar-refractivity contribution in [1.82, 2.24) is 10.0 Å². The zero-order valence-corrected chi connectivity index (χ0v) is 18.0. The van der Waals surface area contributed by atoms with Crippen LogP contribution in [0.3, 0.4) is 0 Å². The molecule has 2 N–H and O–H groups in total. The van der Waals surface area contributed by atoms with Crippen molar-refractivity contribution < 1.29 is 32.2 Å². The molecule has 10 heteroatoms. The Morgan fingerprint density at radius 2 is 1.81 bits per heavy atom. The number of carbonyl (C=O) groups is 2. The predicted octanol–water partition coefficient (Wildman–Crippen LogP) is 1.16. The van der Waals surface area contributed by atoms with Gasteiger partial charge in [0.05, 0.1) is 11.4 Å². The summed E-state index contributed by atoms with van der Waals surface area (Å²) in [6.07, 6.45) is -0.380. The molecule has 1 aliphatic heterocycles. The number of sulfonamides is 1. The highest BCUT2D eigenvalue weighted by molar-refractivity contribution is 7.89. The van der Waals surface area contributed by atoms with Crippen molar-refractivity contribution in [3.63, 3.8) is 0 Å². The molecule has 0 aliphatic carbocycles. The average Bonchev–Trinajstić information content (AvgIpc) is 2.75. The second kappa shape index (κ2) is 9.80. The van der Waals surface area contributed by atoms with Crippen molar-refractivity contribution in [1.29, 1.82) is 0 Å². The number of fused-ring (bicyclic) bond motifs is 1. The quantitative estimate of drug-likeness (QED) is 0.582. The fraction of sp³-hybridized carbons (Fsp3) is 0.333. The maximum atomic E-state index is 12.3. The highest BCUT2D eigenvalue weighted by Crippen LogP contribution is 2.30. The van der Waals surface area contributed by atoms with E-state index in [9.17, 15) is 18.0 Å². The third-order valence-corrected chi connectivity index (χ3v) is 6.01. The smallest absolute Gasteiger partial charge is 0.324 e. The van der Waals surface area contributed by atoms with Crippen molar-refractivity contribution in [2.75, 3.05) is 19.8 Å². The molecule has 0 bridgehead atoms. The Bertz CT molecular complexity index is 1040. The van der Waals surface area contributed by atoms with Gasteiger partial charge in [-0.2, -0.15) is 4.72 Å².